The minimum atomic E-state index is 0.0466. The number of para-hydroxylation sites is 1. The Morgan fingerprint density at radius 2 is 2.00 bits per heavy atom. The Balaban J connectivity index is 2.34. The molecule has 2 unspecified atom stereocenters. The SMILES string of the molecule is CCC(C)CC(N)c1cccc2nccnc12. The van der Waals surface area contributed by atoms with Gasteiger partial charge in [-0.15, -0.1) is 0 Å². The van der Waals surface area contributed by atoms with Gasteiger partial charge in [-0.3, -0.25) is 9.97 Å². The van der Waals surface area contributed by atoms with Gasteiger partial charge in [0, 0.05) is 18.4 Å². The molecule has 0 radical (unpaired) electrons. The fourth-order valence-electron chi connectivity index (χ4n) is 2.04. The van der Waals surface area contributed by atoms with E-state index in [4.69, 9.17) is 5.73 Å². The van der Waals surface area contributed by atoms with Crippen molar-refractivity contribution in [3.8, 4) is 0 Å². The van der Waals surface area contributed by atoms with Gasteiger partial charge >= 0.3 is 0 Å². The molecule has 17 heavy (non-hydrogen) atoms. The second-order valence-electron chi connectivity index (χ2n) is 4.63. The maximum Gasteiger partial charge on any atom is 0.0934 e. The minimum Gasteiger partial charge on any atom is -0.324 e. The zero-order valence-corrected chi connectivity index (χ0v) is 10.4. The Labute approximate surface area is 102 Å². The van der Waals surface area contributed by atoms with Crippen molar-refractivity contribution >= 4 is 11.0 Å². The van der Waals surface area contributed by atoms with Crippen molar-refractivity contribution in [1.29, 1.82) is 0 Å². The maximum atomic E-state index is 6.27. The summed E-state index contributed by atoms with van der Waals surface area (Å²) in [5.41, 5.74) is 9.23. The van der Waals surface area contributed by atoms with Crippen LogP contribution in [0.2, 0.25) is 0 Å². The van der Waals surface area contributed by atoms with Crippen LogP contribution < -0.4 is 5.73 Å². The van der Waals surface area contributed by atoms with E-state index >= 15 is 0 Å². The van der Waals surface area contributed by atoms with Crippen LogP contribution in [0.3, 0.4) is 0 Å². The van der Waals surface area contributed by atoms with Crippen LogP contribution in [-0.2, 0) is 0 Å². The van der Waals surface area contributed by atoms with Crippen LogP contribution in [0.25, 0.3) is 11.0 Å². The number of benzene rings is 1. The Hall–Kier alpha value is -1.48. The second-order valence-corrected chi connectivity index (χ2v) is 4.63. The molecule has 1 aromatic heterocycles. The fourth-order valence-corrected chi connectivity index (χ4v) is 2.04. The molecule has 0 saturated carbocycles. The van der Waals surface area contributed by atoms with Crippen molar-refractivity contribution in [3.63, 3.8) is 0 Å². The predicted molar refractivity (Wildman–Crippen MR) is 70.5 cm³/mol. The van der Waals surface area contributed by atoms with Crippen molar-refractivity contribution in [3.05, 3.63) is 36.2 Å². The molecule has 0 aliphatic rings. The number of rotatable bonds is 4. The van der Waals surface area contributed by atoms with Crippen molar-refractivity contribution in [2.75, 3.05) is 0 Å². The average Bonchev–Trinajstić information content (AvgIpc) is 2.37. The number of nitrogens with two attached hydrogens (primary N) is 1. The summed E-state index contributed by atoms with van der Waals surface area (Å²) >= 11 is 0. The highest BCUT2D eigenvalue weighted by Crippen LogP contribution is 2.25. The highest BCUT2D eigenvalue weighted by atomic mass is 14.8. The van der Waals surface area contributed by atoms with E-state index < -0.39 is 0 Å². The van der Waals surface area contributed by atoms with Gasteiger partial charge in [-0.05, 0) is 24.0 Å². The van der Waals surface area contributed by atoms with Gasteiger partial charge in [0.15, 0.2) is 0 Å². The first-order valence-electron chi connectivity index (χ1n) is 6.17. The van der Waals surface area contributed by atoms with Gasteiger partial charge in [0.2, 0.25) is 0 Å². The van der Waals surface area contributed by atoms with Crippen molar-refractivity contribution < 1.29 is 0 Å². The minimum absolute atomic E-state index is 0.0466. The summed E-state index contributed by atoms with van der Waals surface area (Å²) in [5.74, 6) is 0.636. The van der Waals surface area contributed by atoms with E-state index in [2.05, 4.69) is 29.9 Å². The first-order valence-corrected chi connectivity index (χ1v) is 6.17. The molecular formula is C14H19N3. The summed E-state index contributed by atoms with van der Waals surface area (Å²) in [6.45, 7) is 4.43. The van der Waals surface area contributed by atoms with Crippen molar-refractivity contribution in [2.24, 2.45) is 11.7 Å². The van der Waals surface area contributed by atoms with E-state index in [0.717, 1.165) is 29.4 Å². The Bertz CT molecular complexity index is 490. The van der Waals surface area contributed by atoms with Gasteiger partial charge in [-0.25, -0.2) is 0 Å². The van der Waals surface area contributed by atoms with E-state index in [1.165, 1.54) is 0 Å². The number of hydrogen-bond donors (Lipinski definition) is 1. The summed E-state index contributed by atoms with van der Waals surface area (Å²) in [5, 5.41) is 0. The van der Waals surface area contributed by atoms with Gasteiger partial charge in [0.25, 0.3) is 0 Å². The third kappa shape index (κ3) is 2.61. The molecule has 0 amide bonds. The lowest BCUT2D eigenvalue weighted by molar-refractivity contribution is 0.462. The molecule has 3 heteroatoms. The largest absolute Gasteiger partial charge is 0.324 e. The molecular weight excluding hydrogens is 210 g/mol. The topological polar surface area (TPSA) is 51.8 Å². The van der Waals surface area contributed by atoms with E-state index in [1.807, 2.05) is 12.1 Å². The van der Waals surface area contributed by atoms with Gasteiger partial charge in [-0.1, -0.05) is 32.4 Å². The maximum absolute atomic E-state index is 6.27. The molecule has 0 bridgehead atoms. The molecule has 0 aliphatic carbocycles. The molecule has 2 aromatic rings. The summed E-state index contributed by atoms with van der Waals surface area (Å²) < 4.78 is 0. The third-order valence-corrected chi connectivity index (χ3v) is 3.28. The fraction of sp³-hybridized carbons (Fsp3) is 0.429. The van der Waals surface area contributed by atoms with E-state index in [9.17, 15) is 0 Å². The lowest BCUT2D eigenvalue weighted by Gasteiger charge is -2.17. The number of nitrogens with zero attached hydrogens (tertiary/aromatic N) is 2. The molecule has 2 rings (SSSR count). The van der Waals surface area contributed by atoms with E-state index in [1.54, 1.807) is 12.4 Å². The Morgan fingerprint density at radius 3 is 2.76 bits per heavy atom. The van der Waals surface area contributed by atoms with Gasteiger partial charge in [0.1, 0.15) is 0 Å². The quantitative estimate of drug-likeness (QED) is 0.876. The highest BCUT2D eigenvalue weighted by Gasteiger charge is 2.13. The first kappa shape index (κ1) is 12.0. The molecule has 0 spiro atoms. The molecule has 1 aromatic carbocycles. The lowest BCUT2D eigenvalue weighted by atomic mass is 9.94. The van der Waals surface area contributed by atoms with Gasteiger partial charge < -0.3 is 5.73 Å². The van der Waals surface area contributed by atoms with Gasteiger partial charge in [0.05, 0.1) is 11.0 Å². The lowest BCUT2D eigenvalue weighted by Crippen LogP contribution is -2.14. The van der Waals surface area contributed by atoms with Crippen molar-refractivity contribution in [1.82, 2.24) is 9.97 Å². The summed E-state index contributed by atoms with van der Waals surface area (Å²) in [6, 6.07) is 6.08. The van der Waals surface area contributed by atoms with Crippen LogP contribution in [0.5, 0.6) is 0 Å². The van der Waals surface area contributed by atoms with Crippen molar-refractivity contribution in [2.45, 2.75) is 32.7 Å². The normalized spacial score (nSPS) is 14.8. The Kier molecular flexibility index (Phi) is 3.69. The van der Waals surface area contributed by atoms with Gasteiger partial charge in [-0.2, -0.15) is 0 Å². The number of hydrogen-bond acceptors (Lipinski definition) is 3. The first-order chi connectivity index (χ1) is 8.22. The van der Waals surface area contributed by atoms with Crippen LogP contribution >= 0.6 is 0 Å². The Morgan fingerprint density at radius 1 is 1.24 bits per heavy atom. The molecule has 1 heterocycles. The average molecular weight is 229 g/mol. The molecule has 2 N–H and O–H groups in total. The van der Waals surface area contributed by atoms with Crippen LogP contribution in [0.15, 0.2) is 30.6 Å². The molecule has 0 fully saturated rings. The van der Waals surface area contributed by atoms with Crippen LogP contribution in [0, 0.1) is 5.92 Å². The summed E-state index contributed by atoms with van der Waals surface area (Å²) in [7, 11) is 0. The van der Waals surface area contributed by atoms with Crippen LogP contribution in [-0.4, -0.2) is 9.97 Å². The number of aromatic nitrogens is 2. The highest BCUT2D eigenvalue weighted by molar-refractivity contribution is 5.77. The smallest absolute Gasteiger partial charge is 0.0934 e. The molecule has 2 atom stereocenters. The zero-order chi connectivity index (χ0) is 12.3. The summed E-state index contributed by atoms with van der Waals surface area (Å²) in [4.78, 5) is 8.70. The third-order valence-electron chi connectivity index (χ3n) is 3.28. The molecule has 90 valence electrons. The van der Waals surface area contributed by atoms with E-state index in [0.29, 0.717) is 5.92 Å². The second kappa shape index (κ2) is 5.23. The molecule has 0 aliphatic heterocycles. The van der Waals surface area contributed by atoms with Crippen LogP contribution in [0.4, 0.5) is 0 Å². The molecule has 3 nitrogen and oxygen atoms in total. The summed E-state index contributed by atoms with van der Waals surface area (Å²) in [6.07, 6.45) is 5.59. The number of fused-ring (bicyclic) bond motifs is 1. The van der Waals surface area contributed by atoms with Crippen LogP contribution in [0.1, 0.15) is 38.3 Å². The monoisotopic (exact) mass is 229 g/mol. The molecule has 0 saturated heterocycles. The predicted octanol–water partition coefficient (Wildman–Crippen LogP) is 3.07. The van der Waals surface area contributed by atoms with E-state index in [-0.39, 0.29) is 6.04 Å². The zero-order valence-electron chi connectivity index (χ0n) is 10.4. The standard InChI is InChI=1S/C14H19N3/c1-3-10(2)9-12(15)11-5-4-6-13-14(11)17-8-7-16-13/h4-8,10,12H,3,9,15H2,1-2H3.